The van der Waals surface area contributed by atoms with E-state index in [-0.39, 0.29) is 18.4 Å². The van der Waals surface area contributed by atoms with E-state index >= 15 is 0 Å². The van der Waals surface area contributed by atoms with Gasteiger partial charge in [0.15, 0.2) is 0 Å². The normalized spacial score (nSPS) is 24.9. The lowest BCUT2D eigenvalue weighted by Crippen LogP contribution is -2.31. The molecule has 21 heavy (non-hydrogen) atoms. The van der Waals surface area contributed by atoms with Crippen molar-refractivity contribution in [2.75, 3.05) is 0 Å². The Balaban J connectivity index is 2.22. The van der Waals surface area contributed by atoms with Crippen LogP contribution in [0.3, 0.4) is 0 Å². The van der Waals surface area contributed by atoms with Gasteiger partial charge in [-0.05, 0) is 56.2 Å². The standard InChI is InChI=1S/C16H20F4O/c1-9-6-10(2)14(13(17)7-9)15(21)11-4-3-5-12(8-11)16(18,19)20/h6-7,11-12,15,21H,3-5,8H2,1-2H3. The van der Waals surface area contributed by atoms with Crippen molar-refractivity contribution in [3.63, 3.8) is 0 Å². The molecule has 0 saturated heterocycles. The summed E-state index contributed by atoms with van der Waals surface area (Å²) >= 11 is 0. The zero-order chi connectivity index (χ0) is 15.8. The number of hydrogen-bond donors (Lipinski definition) is 1. The third kappa shape index (κ3) is 3.57. The molecule has 0 spiro atoms. The molecule has 0 aliphatic heterocycles. The van der Waals surface area contributed by atoms with Crippen molar-refractivity contribution in [3.8, 4) is 0 Å². The fraction of sp³-hybridized carbons (Fsp3) is 0.625. The summed E-state index contributed by atoms with van der Waals surface area (Å²) < 4.78 is 52.6. The summed E-state index contributed by atoms with van der Waals surface area (Å²) in [6.45, 7) is 3.42. The topological polar surface area (TPSA) is 20.2 Å². The molecule has 0 aromatic heterocycles. The van der Waals surface area contributed by atoms with Crippen LogP contribution in [0.4, 0.5) is 17.6 Å². The first kappa shape index (κ1) is 16.3. The van der Waals surface area contributed by atoms with Crippen LogP contribution in [0.25, 0.3) is 0 Å². The van der Waals surface area contributed by atoms with Crippen LogP contribution in [0.2, 0.25) is 0 Å². The predicted octanol–water partition coefficient (Wildman–Crippen LogP) is 4.84. The van der Waals surface area contributed by atoms with Gasteiger partial charge in [-0.1, -0.05) is 12.5 Å². The number of aliphatic hydroxyl groups excluding tert-OH is 1. The molecule has 1 aliphatic carbocycles. The minimum absolute atomic E-state index is 0.0993. The highest BCUT2D eigenvalue weighted by Crippen LogP contribution is 2.44. The van der Waals surface area contributed by atoms with Crippen LogP contribution in [0.15, 0.2) is 12.1 Å². The summed E-state index contributed by atoms with van der Waals surface area (Å²) in [6.07, 6.45) is -4.52. The van der Waals surface area contributed by atoms with Crippen molar-refractivity contribution in [3.05, 3.63) is 34.6 Å². The Labute approximate surface area is 122 Å². The maximum absolute atomic E-state index is 14.1. The van der Waals surface area contributed by atoms with Gasteiger partial charge in [0.05, 0.1) is 12.0 Å². The minimum Gasteiger partial charge on any atom is -0.388 e. The molecular weight excluding hydrogens is 284 g/mol. The van der Waals surface area contributed by atoms with Crippen LogP contribution >= 0.6 is 0 Å². The number of halogens is 4. The zero-order valence-electron chi connectivity index (χ0n) is 12.2. The Bertz CT molecular complexity index is 486. The van der Waals surface area contributed by atoms with Crippen molar-refractivity contribution in [1.29, 1.82) is 0 Å². The van der Waals surface area contributed by atoms with Gasteiger partial charge in [0.25, 0.3) is 0 Å². The van der Waals surface area contributed by atoms with Crippen LogP contribution in [0, 0.1) is 31.5 Å². The summed E-state index contributed by atoms with van der Waals surface area (Å²) in [4.78, 5) is 0. The highest BCUT2D eigenvalue weighted by Gasteiger charge is 2.43. The van der Waals surface area contributed by atoms with E-state index in [2.05, 4.69) is 0 Å². The van der Waals surface area contributed by atoms with Crippen molar-refractivity contribution in [2.45, 2.75) is 51.8 Å². The molecule has 3 unspecified atom stereocenters. The van der Waals surface area contributed by atoms with Gasteiger partial charge in [0.2, 0.25) is 0 Å². The Kier molecular flexibility index (Phi) is 4.61. The molecule has 1 N–H and O–H groups in total. The second-order valence-corrected chi connectivity index (χ2v) is 6.09. The lowest BCUT2D eigenvalue weighted by Gasteiger charge is -2.34. The second-order valence-electron chi connectivity index (χ2n) is 6.09. The van der Waals surface area contributed by atoms with Crippen LogP contribution in [0.1, 0.15) is 48.5 Å². The maximum Gasteiger partial charge on any atom is 0.391 e. The number of aliphatic hydroxyl groups is 1. The molecule has 5 heteroatoms. The van der Waals surface area contributed by atoms with E-state index in [9.17, 15) is 22.7 Å². The van der Waals surface area contributed by atoms with Crippen molar-refractivity contribution in [2.24, 2.45) is 11.8 Å². The quantitative estimate of drug-likeness (QED) is 0.775. The second kappa shape index (κ2) is 5.95. The average Bonchev–Trinajstić information content (AvgIpc) is 2.36. The highest BCUT2D eigenvalue weighted by atomic mass is 19.4. The Morgan fingerprint density at radius 2 is 1.86 bits per heavy atom. The molecule has 1 nitrogen and oxygen atoms in total. The summed E-state index contributed by atoms with van der Waals surface area (Å²) in [5, 5.41) is 10.4. The smallest absolute Gasteiger partial charge is 0.388 e. The minimum atomic E-state index is -4.24. The number of benzene rings is 1. The molecule has 1 fully saturated rings. The van der Waals surface area contributed by atoms with E-state index in [1.807, 2.05) is 0 Å². The molecule has 0 heterocycles. The van der Waals surface area contributed by atoms with Crippen molar-refractivity contribution >= 4 is 0 Å². The maximum atomic E-state index is 14.1. The summed E-state index contributed by atoms with van der Waals surface area (Å²) in [5.74, 6) is -2.46. The first-order valence-electron chi connectivity index (χ1n) is 7.21. The number of alkyl halides is 3. The third-order valence-electron chi connectivity index (χ3n) is 4.40. The molecule has 1 aromatic rings. The number of rotatable bonds is 2. The highest BCUT2D eigenvalue weighted by molar-refractivity contribution is 5.34. The SMILES string of the molecule is Cc1cc(C)c(C(O)C2CCCC(C(F)(F)F)C2)c(F)c1. The van der Waals surface area contributed by atoms with E-state index in [4.69, 9.17) is 0 Å². The Morgan fingerprint density at radius 1 is 1.19 bits per heavy atom. The largest absolute Gasteiger partial charge is 0.391 e. The molecular formula is C16H20F4O. The molecule has 0 bridgehead atoms. The van der Waals surface area contributed by atoms with Crippen molar-refractivity contribution < 1.29 is 22.7 Å². The van der Waals surface area contributed by atoms with Crippen LogP contribution < -0.4 is 0 Å². The number of aryl methyl sites for hydroxylation is 2. The van der Waals surface area contributed by atoms with Gasteiger partial charge in [0, 0.05) is 5.56 Å². The molecule has 0 radical (unpaired) electrons. The molecule has 3 atom stereocenters. The van der Waals surface area contributed by atoms with Gasteiger partial charge in [-0.25, -0.2) is 4.39 Å². The van der Waals surface area contributed by atoms with Gasteiger partial charge < -0.3 is 5.11 Å². The van der Waals surface area contributed by atoms with Crippen molar-refractivity contribution in [1.82, 2.24) is 0 Å². The van der Waals surface area contributed by atoms with E-state index in [0.29, 0.717) is 18.4 Å². The predicted molar refractivity (Wildman–Crippen MR) is 72.3 cm³/mol. The summed E-state index contributed by atoms with van der Waals surface area (Å²) in [5.41, 5.74) is 1.47. The third-order valence-corrected chi connectivity index (χ3v) is 4.40. The average molecular weight is 304 g/mol. The first-order valence-corrected chi connectivity index (χ1v) is 7.21. The fourth-order valence-electron chi connectivity index (χ4n) is 3.35. The molecule has 2 rings (SSSR count). The van der Waals surface area contributed by atoms with Gasteiger partial charge in [-0.3, -0.25) is 0 Å². The fourth-order valence-corrected chi connectivity index (χ4v) is 3.35. The first-order chi connectivity index (χ1) is 9.70. The summed E-state index contributed by atoms with van der Waals surface area (Å²) in [6, 6.07) is 3.06. The van der Waals surface area contributed by atoms with Crippen LogP contribution in [0.5, 0.6) is 0 Å². The van der Waals surface area contributed by atoms with Gasteiger partial charge in [0.1, 0.15) is 5.82 Å². The van der Waals surface area contributed by atoms with E-state index in [1.54, 1.807) is 19.9 Å². The van der Waals surface area contributed by atoms with Gasteiger partial charge in [-0.15, -0.1) is 0 Å². The Hall–Kier alpha value is -1.10. The monoisotopic (exact) mass is 304 g/mol. The molecule has 1 saturated carbocycles. The lowest BCUT2D eigenvalue weighted by molar-refractivity contribution is -0.189. The zero-order valence-corrected chi connectivity index (χ0v) is 12.2. The van der Waals surface area contributed by atoms with Gasteiger partial charge >= 0.3 is 6.18 Å². The Morgan fingerprint density at radius 3 is 2.43 bits per heavy atom. The summed E-state index contributed by atoms with van der Waals surface area (Å²) in [7, 11) is 0. The molecule has 118 valence electrons. The van der Waals surface area contributed by atoms with Crippen LogP contribution in [-0.2, 0) is 0 Å². The van der Waals surface area contributed by atoms with Crippen LogP contribution in [-0.4, -0.2) is 11.3 Å². The van der Waals surface area contributed by atoms with E-state index in [0.717, 1.165) is 5.56 Å². The van der Waals surface area contributed by atoms with E-state index < -0.39 is 29.9 Å². The number of hydrogen-bond acceptors (Lipinski definition) is 1. The molecule has 1 aromatic carbocycles. The molecule has 0 amide bonds. The lowest BCUT2D eigenvalue weighted by atomic mass is 9.76. The van der Waals surface area contributed by atoms with E-state index in [1.165, 1.54) is 6.07 Å². The molecule has 1 aliphatic rings. The van der Waals surface area contributed by atoms with Gasteiger partial charge in [-0.2, -0.15) is 13.2 Å².